The highest BCUT2D eigenvalue weighted by Gasteiger charge is 2.25. The van der Waals surface area contributed by atoms with Gasteiger partial charge in [0, 0.05) is 18.8 Å². The Balaban J connectivity index is 2.22. The summed E-state index contributed by atoms with van der Waals surface area (Å²) in [4.78, 5) is 0. The van der Waals surface area contributed by atoms with Crippen LogP contribution in [-0.4, -0.2) is 25.8 Å². The molecule has 94 valence electrons. The first-order valence-corrected chi connectivity index (χ1v) is 6.76. The molecule has 1 aromatic rings. The van der Waals surface area contributed by atoms with Crippen molar-refractivity contribution in [2.24, 2.45) is 0 Å². The SMILES string of the molecule is Nc1ccc(F)c(NS(=O)(=O)N2CCCC2)c1. The summed E-state index contributed by atoms with van der Waals surface area (Å²) >= 11 is 0. The standard InChI is InChI=1S/C10H14FN3O2S/c11-9-4-3-8(12)7-10(9)13-17(15,16)14-5-1-2-6-14/h3-4,7,13H,1-2,5-6,12H2. The molecular formula is C10H14FN3O2S. The predicted octanol–water partition coefficient (Wildman–Crippen LogP) is 1.16. The topological polar surface area (TPSA) is 75.4 Å². The van der Waals surface area contributed by atoms with Crippen molar-refractivity contribution in [3.8, 4) is 0 Å². The quantitative estimate of drug-likeness (QED) is 0.800. The molecule has 1 heterocycles. The molecule has 1 saturated heterocycles. The molecule has 1 aliphatic heterocycles. The highest BCUT2D eigenvalue weighted by molar-refractivity contribution is 7.90. The van der Waals surface area contributed by atoms with Crippen molar-refractivity contribution in [2.75, 3.05) is 23.5 Å². The number of nitrogens with two attached hydrogens (primary N) is 1. The smallest absolute Gasteiger partial charge is 0.301 e. The number of hydrogen-bond acceptors (Lipinski definition) is 3. The second-order valence-electron chi connectivity index (χ2n) is 3.95. The molecule has 2 rings (SSSR count). The molecule has 17 heavy (non-hydrogen) atoms. The zero-order valence-corrected chi connectivity index (χ0v) is 10.0. The molecule has 0 spiro atoms. The summed E-state index contributed by atoms with van der Waals surface area (Å²) < 4.78 is 40.6. The van der Waals surface area contributed by atoms with Crippen LogP contribution < -0.4 is 10.5 Å². The van der Waals surface area contributed by atoms with Crippen molar-refractivity contribution in [2.45, 2.75) is 12.8 Å². The molecular weight excluding hydrogens is 245 g/mol. The van der Waals surface area contributed by atoms with E-state index in [2.05, 4.69) is 4.72 Å². The summed E-state index contributed by atoms with van der Waals surface area (Å²) in [7, 11) is -3.66. The van der Waals surface area contributed by atoms with Gasteiger partial charge < -0.3 is 5.73 Å². The highest BCUT2D eigenvalue weighted by atomic mass is 32.2. The molecule has 3 N–H and O–H groups in total. The van der Waals surface area contributed by atoms with E-state index in [4.69, 9.17) is 5.73 Å². The fraction of sp³-hybridized carbons (Fsp3) is 0.400. The number of rotatable bonds is 3. The van der Waals surface area contributed by atoms with Crippen LogP contribution in [0, 0.1) is 5.82 Å². The number of nitrogens with zero attached hydrogens (tertiary/aromatic N) is 1. The third kappa shape index (κ3) is 2.67. The van der Waals surface area contributed by atoms with Crippen molar-refractivity contribution < 1.29 is 12.8 Å². The Morgan fingerprint density at radius 2 is 1.94 bits per heavy atom. The highest BCUT2D eigenvalue weighted by Crippen LogP contribution is 2.21. The first-order chi connectivity index (χ1) is 7.99. The average Bonchev–Trinajstić information content (AvgIpc) is 2.77. The van der Waals surface area contributed by atoms with Gasteiger partial charge in [0.1, 0.15) is 5.82 Å². The molecule has 1 fully saturated rings. The number of nitrogens with one attached hydrogen (secondary N) is 1. The Morgan fingerprint density at radius 3 is 2.59 bits per heavy atom. The molecule has 0 atom stereocenters. The van der Waals surface area contributed by atoms with E-state index >= 15 is 0 Å². The van der Waals surface area contributed by atoms with Gasteiger partial charge in [-0.2, -0.15) is 12.7 Å². The number of halogens is 1. The molecule has 0 radical (unpaired) electrons. The maximum Gasteiger partial charge on any atom is 0.301 e. The van der Waals surface area contributed by atoms with Crippen LogP contribution in [0.2, 0.25) is 0 Å². The lowest BCUT2D eigenvalue weighted by Gasteiger charge is -2.17. The van der Waals surface area contributed by atoms with Gasteiger partial charge in [0.2, 0.25) is 0 Å². The lowest BCUT2D eigenvalue weighted by Crippen LogP contribution is -2.33. The third-order valence-electron chi connectivity index (χ3n) is 2.63. The molecule has 1 aromatic carbocycles. The van der Waals surface area contributed by atoms with Gasteiger partial charge in [0.15, 0.2) is 0 Å². The van der Waals surface area contributed by atoms with Gasteiger partial charge in [-0.05, 0) is 31.0 Å². The van der Waals surface area contributed by atoms with Gasteiger partial charge in [0.05, 0.1) is 5.69 Å². The fourth-order valence-corrected chi connectivity index (χ4v) is 3.06. The van der Waals surface area contributed by atoms with Crippen LogP contribution in [0.3, 0.4) is 0 Å². The monoisotopic (exact) mass is 259 g/mol. The Labute approximate surface area is 99.6 Å². The first-order valence-electron chi connectivity index (χ1n) is 5.32. The maximum atomic E-state index is 13.4. The van der Waals surface area contributed by atoms with E-state index in [0.29, 0.717) is 18.8 Å². The number of hydrogen-bond donors (Lipinski definition) is 2. The van der Waals surface area contributed by atoms with Gasteiger partial charge in [-0.25, -0.2) is 4.39 Å². The van der Waals surface area contributed by atoms with Crippen molar-refractivity contribution in [3.05, 3.63) is 24.0 Å². The van der Waals surface area contributed by atoms with E-state index in [1.165, 1.54) is 16.4 Å². The third-order valence-corrected chi connectivity index (χ3v) is 4.16. The van der Waals surface area contributed by atoms with E-state index in [9.17, 15) is 12.8 Å². The van der Waals surface area contributed by atoms with Gasteiger partial charge in [-0.15, -0.1) is 0 Å². The largest absolute Gasteiger partial charge is 0.399 e. The maximum absolute atomic E-state index is 13.4. The fourth-order valence-electron chi connectivity index (χ4n) is 1.75. The zero-order chi connectivity index (χ0) is 12.5. The molecule has 5 nitrogen and oxygen atoms in total. The lowest BCUT2D eigenvalue weighted by molar-refractivity contribution is 0.482. The van der Waals surface area contributed by atoms with Crippen molar-refractivity contribution >= 4 is 21.6 Å². The van der Waals surface area contributed by atoms with Crippen molar-refractivity contribution in [3.63, 3.8) is 0 Å². The van der Waals surface area contributed by atoms with Crippen LogP contribution in [0.1, 0.15) is 12.8 Å². The molecule has 1 aliphatic rings. The summed E-state index contributed by atoms with van der Waals surface area (Å²) in [5.41, 5.74) is 5.68. The van der Waals surface area contributed by atoms with E-state index in [-0.39, 0.29) is 5.69 Å². The molecule has 0 bridgehead atoms. The van der Waals surface area contributed by atoms with Crippen LogP contribution >= 0.6 is 0 Å². The number of benzene rings is 1. The summed E-state index contributed by atoms with van der Waals surface area (Å²) in [5, 5.41) is 0. The number of anilines is 2. The predicted molar refractivity (Wildman–Crippen MR) is 64.2 cm³/mol. The Morgan fingerprint density at radius 1 is 1.29 bits per heavy atom. The second-order valence-corrected chi connectivity index (χ2v) is 5.62. The van der Waals surface area contributed by atoms with Gasteiger partial charge in [-0.1, -0.05) is 0 Å². The molecule has 0 amide bonds. The van der Waals surface area contributed by atoms with Crippen LogP contribution in [0.15, 0.2) is 18.2 Å². The Bertz CT molecular complexity index is 512. The van der Waals surface area contributed by atoms with Crippen molar-refractivity contribution in [1.29, 1.82) is 0 Å². The normalized spacial score (nSPS) is 17.2. The van der Waals surface area contributed by atoms with Gasteiger partial charge >= 0.3 is 10.2 Å². The van der Waals surface area contributed by atoms with E-state index in [1.54, 1.807) is 0 Å². The summed E-state index contributed by atoms with van der Waals surface area (Å²) in [6, 6.07) is 3.78. The van der Waals surface area contributed by atoms with Crippen LogP contribution in [0.25, 0.3) is 0 Å². The van der Waals surface area contributed by atoms with Gasteiger partial charge in [-0.3, -0.25) is 4.72 Å². The average molecular weight is 259 g/mol. The minimum atomic E-state index is -3.66. The minimum absolute atomic E-state index is 0.114. The minimum Gasteiger partial charge on any atom is -0.399 e. The van der Waals surface area contributed by atoms with E-state index in [0.717, 1.165) is 18.9 Å². The summed E-state index contributed by atoms with van der Waals surface area (Å²) in [6.07, 6.45) is 1.67. The summed E-state index contributed by atoms with van der Waals surface area (Å²) in [5.74, 6) is -0.637. The molecule has 0 aliphatic carbocycles. The molecule has 0 aromatic heterocycles. The lowest BCUT2D eigenvalue weighted by atomic mass is 10.3. The second kappa shape index (κ2) is 4.50. The van der Waals surface area contributed by atoms with Gasteiger partial charge in [0.25, 0.3) is 0 Å². The number of nitrogen functional groups attached to an aromatic ring is 1. The first kappa shape index (κ1) is 12.1. The molecule has 0 saturated carbocycles. The van der Waals surface area contributed by atoms with E-state index < -0.39 is 16.0 Å². The summed E-state index contributed by atoms with van der Waals surface area (Å²) in [6.45, 7) is 0.943. The Kier molecular flexibility index (Phi) is 3.21. The van der Waals surface area contributed by atoms with E-state index in [1.807, 2.05) is 0 Å². The van der Waals surface area contributed by atoms with Crippen LogP contribution in [0.5, 0.6) is 0 Å². The zero-order valence-electron chi connectivity index (χ0n) is 9.19. The Hall–Kier alpha value is -1.34. The van der Waals surface area contributed by atoms with Crippen LogP contribution in [-0.2, 0) is 10.2 Å². The molecule has 7 heteroatoms. The molecule has 0 unspecified atom stereocenters. The van der Waals surface area contributed by atoms with Crippen molar-refractivity contribution in [1.82, 2.24) is 4.31 Å². The van der Waals surface area contributed by atoms with Crippen LogP contribution in [0.4, 0.5) is 15.8 Å².